The number of anilines is 2. The molecular formula is C26H17N4Na5O16S5. The van der Waals surface area contributed by atoms with Gasteiger partial charge in [-0.3, -0.25) is 5.04 Å². The van der Waals surface area contributed by atoms with Gasteiger partial charge in [0.2, 0.25) is 5.95 Å². The van der Waals surface area contributed by atoms with Gasteiger partial charge in [-0.25, -0.2) is 33.7 Å². The van der Waals surface area contributed by atoms with E-state index in [2.05, 4.69) is 29.6 Å². The Morgan fingerprint density at radius 2 is 1.25 bits per heavy atom. The number of rotatable bonds is 14. The van der Waals surface area contributed by atoms with E-state index in [1.165, 1.54) is 30.3 Å². The maximum atomic E-state index is 12.1. The van der Waals surface area contributed by atoms with Crippen molar-refractivity contribution in [1.29, 1.82) is 0 Å². The molecule has 30 heteroatoms. The molecular weight excluding hydrogens is 900 g/mol. The van der Waals surface area contributed by atoms with Crippen molar-refractivity contribution in [2.45, 2.75) is 32.4 Å². The molecule has 56 heavy (non-hydrogen) atoms. The van der Waals surface area contributed by atoms with Crippen LogP contribution in [0.5, 0.6) is 11.8 Å². The van der Waals surface area contributed by atoms with Crippen LogP contribution in [0.15, 0.2) is 80.2 Å². The maximum absolute atomic E-state index is 12.1. The van der Waals surface area contributed by atoms with Crippen LogP contribution in [0.3, 0.4) is 0 Å². The van der Waals surface area contributed by atoms with Gasteiger partial charge in [0.1, 0.15) is 41.9 Å². The predicted molar refractivity (Wildman–Crippen MR) is 166 cm³/mol. The standard InChI is InChI=1S/C26H22N4O16S5.5Na/c31-45-46-47-18-8-14-3-5-16(10-20(14)22(12-18)50(38,39)40)27-25-28-24(2-1-7-48(32,33)34)29-26(30-25)44-17-6-4-15-9-19(49(35,36)37)13-23(21(15)11-17)51(41,42)43;;;;;/h3-6,8-13,31H,1-2,7H2,(H,32,33,34)(H,35,36,37)(H,38,39,40)(H,41,42,43)(H,27,28,29,30);;;;;/q;5*+1/p-5. The van der Waals surface area contributed by atoms with Gasteiger partial charge in [0.25, 0.3) is 0 Å². The number of hydrogen-bond donors (Lipinski definition) is 1. The van der Waals surface area contributed by atoms with E-state index in [4.69, 9.17) is 4.74 Å². The molecule has 5 rings (SSSR count). The number of aromatic nitrogens is 3. The van der Waals surface area contributed by atoms with E-state index in [1.807, 2.05) is 0 Å². The minimum Gasteiger partial charge on any atom is -0.748 e. The van der Waals surface area contributed by atoms with E-state index < -0.39 is 66.9 Å². The third-order valence-corrected chi connectivity index (χ3v) is 10.6. The van der Waals surface area contributed by atoms with Gasteiger partial charge in [-0.05, 0) is 65.7 Å². The number of nitrogens with one attached hydrogen (secondary N) is 1. The Kier molecular flexibility index (Phi) is 23.7. The van der Waals surface area contributed by atoms with Crippen LogP contribution in [0.4, 0.5) is 11.6 Å². The summed E-state index contributed by atoms with van der Waals surface area (Å²) in [5.74, 6) is -1.38. The molecule has 5 aromatic rings. The molecule has 272 valence electrons. The molecule has 1 aromatic heterocycles. The smallest absolute Gasteiger partial charge is 0.748 e. The SMILES string of the molecule is O=S(=O)([O-])CCCc1nc(Nc2ccc3cc(SOO[O-])cc(S(=O)(=O)[O-])c3c2)nc(Oc2ccc3cc(S(=O)(=O)[O-])cc(S(=O)(=O)[O-])c3c2)n1.[Na+].[Na+].[Na+].[Na+].[Na+]. The van der Waals surface area contributed by atoms with Crippen LogP contribution >= 0.6 is 12.0 Å². The molecule has 0 bridgehead atoms. The van der Waals surface area contributed by atoms with Crippen molar-refractivity contribution >= 4 is 85.7 Å². The Hall–Kier alpha value is 0.880. The molecule has 4 aromatic carbocycles. The van der Waals surface area contributed by atoms with E-state index in [9.17, 15) is 57.1 Å². The van der Waals surface area contributed by atoms with E-state index in [-0.39, 0.29) is 210 Å². The van der Waals surface area contributed by atoms with Gasteiger partial charge in [0.15, 0.2) is 0 Å². The number of aryl methyl sites for hydroxylation is 1. The average molecular weight is 917 g/mol. The quantitative estimate of drug-likeness (QED) is 0.0355. The van der Waals surface area contributed by atoms with Crippen molar-refractivity contribution in [3.63, 3.8) is 0 Å². The van der Waals surface area contributed by atoms with E-state index in [0.29, 0.717) is 18.1 Å². The minimum atomic E-state index is -5.32. The first-order valence-corrected chi connectivity index (χ1v) is 20.0. The van der Waals surface area contributed by atoms with Gasteiger partial charge in [-0.15, -0.1) is 0 Å². The van der Waals surface area contributed by atoms with Gasteiger partial charge in [0, 0.05) is 33.5 Å². The number of hydrogen-bond acceptors (Lipinski definition) is 21. The van der Waals surface area contributed by atoms with Crippen LogP contribution in [0.25, 0.3) is 21.5 Å². The summed E-state index contributed by atoms with van der Waals surface area (Å²) in [5.41, 5.74) is 0.109. The summed E-state index contributed by atoms with van der Waals surface area (Å²) >= 11 is 0.354. The molecule has 0 aliphatic carbocycles. The van der Waals surface area contributed by atoms with Crippen molar-refractivity contribution in [2.24, 2.45) is 0 Å². The van der Waals surface area contributed by atoms with Crippen molar-refractivity contribution < 1.29 is 219 Å². The second kappa shape index (κ2) is 23.4. The molecule has 0 aliphatic rings. The van der Waals surface area contributed by atoms with Gasteiger partial charge in [-0.2, -0.15) is 19.3 Å². The van der Waals surface area contributed by atoms with E-state index >= 15 is 0 Å². The molecule has 20 nitrogen and oxygen atoms in total. The summed E-state index contributed by atoms with van der Waals surface area (Å²) in [6.45, 7) is 0. The Balaban J connectivity index is 0.00000605. The fourth-order valence-electron chi connectivity index (χ4n) is 4.63. The summed E-state index contributed by atoms with van der Waals surface area (Å²) in [4.78, 5) is 9.68. The maximum Gasteiger partial charge on any atom is 1.00 e. The van der Waals surface area contributed by atoms with Crippen LogP contribution < -0.4 is 163 Å². The second-order valence-corrected chi connectivity index (χ2v) is 16.6. The largest absolute Gasteiger partial charge is 1.00 e. The fraction of sp³-hybridized carbons (Fsp3) is 0.115. The molecule has 0 unspecified atom stereocenters. The third kappa shape index (κ3) is 16.0. The first-order chi connectivity index (χ1) is 23.7. The van der Waals surface area contributed by atoms with Crippen molar-refractivity contribution in [1.82, 2.24) is 15.0 Å². The molecule has 1 N–H and O–H groups in total. The third-order valence-electron chi connectivity index (χ3n) is 6.66. The molecule has 0 radical (unpaired) electrons. The zero-order valence-electron chi connectivity index (χ0n) is 29.8. The second-order valence-electron chi connectivity index (χ2n) is 10.2. The van der Waals surface area contributed by atoms with Crippen molar-refractivity contribution in [3.05, 3.63) is 66.5 Å². The Bertz CT molecular complexity index is 2650. The van der Waals surface area contributed by atoms with Crippen molar-refractivity contribution in [2.75, 3.05) is 11.1 Å². The normalized spacial score (nSPS) is 11.6. The Morgan fingerprint density at radius 1 is 0.661 bits per heavy atom. The summed E-state index contributed by atoms with van der Waals surface area (Å²) in [5, 5.41) is 15.9. The molecule has 0 aliphatic heterocycles. The molecule has 0 spiro atoms. The summed E-state index contributed by atoms with van der Waals surface area (Å²) in [6.07, 6.45) is -0.438. The van der Waals surface area contributed by atoms with Crippen LogP contribution in [-0.2, 0) is 56.3 Å². The summed E-state index contributed by atoms with van der Waals surface area (Å²) in [6, 6.07) is 10.5. The molecule has 0 saturated heterocycles. The first-order valence-electron chi connectivity index (χ1n) is 13.5. The average Bonchev–Trinajstić information content (AvgIpc) is 3.01. The van der Waals surface area contributed by atoms with Crippen LogP contribution in [0.2, 0.25) is 0 Å². The zero-order chi connectivity index (χ0) is 37.4. The molecule has 0 amide bonds. The topological polar surface area (TPSA) is 330 Å². The first kappa shape index (κ1) is 56.9. The number of nitrogens with zero attached hydrogens (tertiary/aromatic N) is 3. The summed E-state index contributed by atoms with van der Waals surface area (Å²) in [7, 11) is -20.2. The van der Waals surface area contributed by atoms with Gasteiger partial charge in [-0.1, -0.05) is 12.1 Å². The molecule has 0 atom stereocenters. The summed E-state index contributed by atoms with van der Waals surface area (Å²) < 4.78 is 150. The monoisotopic (exact) mass is 916 g/mol. The predicted octanol–water partition coefficient (Wildman–Crippen LogP) is -13.8. The Labute approximate surface area is 434 Å². The molecule has 0 saturated carbocycles. The number of benzene rings is 4. The van der Waals surface area contributed by atoms with E-state index in [0.717, 1.165) is 24.3 Å². The molecule has 0 fully saturated rings. The Morgan fingerprint density at radius 3 is 1.84 bits per heavy atom. The minimum absolute atomic E-state index is 0. The van der Waals surface area contributed by atoms with Gasteiger partial charge < -0.3 is 33.5 Å². The van der Waals surface area contributed by atoms with Gasteiger partial charge >= 0.3 is 154 Å². The number of ether oxygens (including phenoxy) is 1. The fourth-order valence-corrected chi connectivity index (χ4v) is 7.69. The zero-order valence-corrected chi connectivity index (χ0v) is 43.9. The van der Waals surface area contributed by atoms with Crippen molar-refractivity contribution in [3.8, 4) is 11.8 Å². The number of fused-ring (bicyclic) bond motifs is 2. The van der Waals surface area contributed by atoms with Crippen LogP contribution in [0.1, 0.15) is 12.2 Å². The van der Waals surface area contributed by atoms with Crippen LogP contribution in [0, 0.1) is 0 Å². The molecule has 1 heterocycles. The van der Waals surface area contributed by atoms with E-state index in [1.54, 1.807) is 0 Å². The van der Waals surface area contributed by atoms with Crippen LogP contribution in [-0.4, -0.2) is 72.6 Å². The van der Waals surface area contributed by atoms with Gasteiger partial charge in [0.05, 0.1) is 36.8 Å².